The smallest absolute Gasteiger partial charge is 0.279 e. The van der Waals surface area contributed by atoms with Crippen LogP contribution in [0.1, 0.15) is 25.2 Å². The van der Waals surface area contributed by atoms with E-state index in [2.05, 4.69) is 19.7 Å². The first-order chi connectivity index (χ1) is 11.1. The van der Waals surface area contributed by atoms with E-state index in [1.54, 1.807) is 11.8 Å². The Morgan fingerprint density at radius 2 is 2.04 bits per heavy atom. The minimum Gasteiger partial charge on any atom is -0.340 e. The SMILES string of the molecule is Cc1nonc1CC(=O)N1C[C@@H](NS(=O)(=O)N(C)C)[C@H](C(C)C)C1. The summed E-state index contributed by atoms with van der Waals surface area (Å²) in [6, 6.07) is -0.308. The molecule has 0 bridgehead atoms. The number of hydrogen-bond donors (Lipinski definition) is 1. The van der Waals surface area contributed by atoms with Gasteiger partial charge in [0.1, 0.15) is 11.4 Å². The third-order valence-electron chi connectivity index (χ3n) is 4.42. The maximum Gasteiger partial charge on any atom is 0.279 e. The van der Waals surface area contributed by atoms with E-state index < -0.39 is 10.2 Å². The number of aromatic nitrogens is 2. The first kappa shape index (κ1) is 18.8. The third-order valence-corrected chi connectivity index (χ3v) is 5.98. The largest absolute Gasteiger partial charge is 0.340 e. The molecule has 10 heteroatoms. The summed E-state index contributed by atoms with van der Waals surface area (Å²) in [5, 5.41) is 7.40. The summed E-state index contributed by atoms with van der Waals surface area (Å²) < 4.78 is 32.7. The summed E-state index contributed by atoms with van der Waals surface area (Å²) in [5.41, 5.74) is 1.10. The number of hydrogen-bond acceptors (Lipinski definition) is 6. The minimum atomic E-state index is -3.55. The average Bonchev–Trinajstić information content (AvgIpc) is 3.05. The van der Waals surface area contributed by atoms with E-state index in [4.69, 9.17) is 0 Å². The molecule has 1 aromatic rings. The zero-order valence-corrected chi connectivity index (χ0v) is 15.5. The number of amides is 1. The normalized spacial score (nSPS) is 21.9. The van der Waals surface area contributed by atoms with Gasteiger partial charge in [0.05, 0.1) is 6.42 Å². The molecule has 0 saturated carbocycles. The number of carbonyl (C=O) groups excluding carboxylic acids is 1. The molecule has 9 nitrogen and oxygen atoms in total. The zero-order chi connectivity index (χ0) is 18.1. The number of carbonyl (C=O) groups is 1. The van der Waals surface area contributed by atoms with Crippen molar-refractivity contribution < 1.29 is 17.8 Å². The standard InChI is InChI=1S/C14H25N5O4S/c1-9(2)11-7-19(8-13(11)17-24(21,22)18(4)5)14(20)6-12-10(3)15-23-16-12/h9,11,13,17H,6-8H2,1-5H3/t11-,13+/m0/s1. The van der Waals surface area contributed by atoms with E-state index in [1.165, 1.54) is 14.1 Å². The number of rotatable bonds is 6. The van der Waals surface area contributed by atoms with Gasteiger partial charge < -0.3 is 4.90 Å². The number of nitrogens with zero attached hydrogens (tertiary/aromatic N) is 4. The summed E-state index contributed by atoms with van der Waals surface area (Å²) in [6.07, 6.45) is 0.104. The molecule has 1 N–H and O–H groups in total. The van der Waals surface area contributed by atoms with Crippen LogP contribution in [0, 0.1) is 18.8 Å². The van der Waals surface area contributed by atoms with Crippen LogP contribution in [0.5, 0.6) is 0 Å². The van der Waals surface area contributed by atoms with Crippen LogP contribution in [0.3, 0.4) is 0 Å². The van der Waals surface area contributed by atoms with Crippen molar-refractivity contribution in [2.45, 2.75) is 33.2 Å². The lowest BCUT2D eigenvalue weighted by atomic mass is 9.92. The number of nitrogens with one attached hydrogen (secondary N) is 1. The lowest BCUT2D eigenvalue weighted by molar-refractivity contribution is -0.129. The second-order valence-electron chi connectivity index (χ2n) is 6.69. The van der Waals surface area contributed by atoms with E-state index >= 15 is 0 Å². The molecule has 1 saturated heterocycles. The van der Waals surface area contributed by atoms with E-state index in [1.807, 2.05) is 13.8 Å². The topological polar surface area (TPSA) is 109 Å². The van der Waals surface area contributed by atoms with Crippen molar-refractivity contribution in [3.63, 3.8) is 0 Å². The maximum atomic E-state index is 12.5. The molecule has 1 aliphatic rings. The fourth-order valence-corrected chi connectivity index (χ4v) is 3.64. The Balaban J connectivity index is 2.09. The first-order valence-corrected chi connectivity index (χ1v) is 9.31. The van der Waals surface area contributed by atoms with Crippen molar-refractivity contribution in [1.29, 1.82) is 0 Å². The Morgan fingerprint density at radius 1 is 1.38 bits per heavy atom. The van der Waals surface area contributed by atoms with Gasteiger partial charge in [-0.2, -0.15) is 17.4 Å². The molecule has 1 amide bonds. The monoisotopic (exact) mass is 359 g/mol. The van der Waals surface area contributed by atoms with E-state index in [9.17, 15) is 13.2 Å². The van der Waals surface area contributed by atoms with Gasteiger partial charge in [-0.05, 0) is 18.8 Å². The molecule has 0 aromatic carbocycles. The van der Waals surface area contributed by atoms with Crippen LogP contribution in [0.2, 0.25) is 0 Å². The van der Waals surface area contributed by atoms with Crippen LogP contribution in [-0.4, -0.2) is 67.1 Å². The lowest BCUT2D eigenvalue weighted by Crippen LogP contribution is -2.46. The fourth-order valence-electron chi connectivity index (χ4n) is 2.79. The van der Waals surface area contributed by atoms with Crippen molar-refractivity contribution >= 4 is 16.1 Å². The summed E-state index contributed by atoms with van der Waals surface area (Å²) in [4.78, 5) is 14.2. The highest BCUT2D eigenvalue weighted by atomic mass is 32.2. The van der Waals surface area contributed by atoms with Crippen molar-refractivity contribution in [3.05, 3.63) is 11.4 Å². The van der Waals surface area contributed by atoms with E-state index in [0.29, 0.717) is 24.5 Å². The molecule has 0 radical (unpaired) electrons. The first-order valence-electron chi connectivity index (χ1n) is 7.87. The van der Waals surface area contributed by atoms with Gasteiger partial charge in [-0.15, -0.1) is 0 Å². The summed E-state index contributed by atoms with van der Waals surface area (Å²) in [5.74, 6) is 0.194. The van der Waals surface area contributed by atoms with Crippen molar-refractivity contribution in [3.8, 4) is 0 Å². The van der Waals surface area contributed by atoms with Crippen LogP contribution >= 0.6 is 0 Å². The van der Waals surface area contributed by atoms with E-state index in [-0.39, 0.29) is 30.2 Å². The molecular weight excluding hydrogens is 334 g/mol. The Morgan fingerprint density at radius 3 is 2.54 bits per heavy atom. The van der Waals surface area contributed by atoms with Crippen LogP contribution in [0.4, 0.5) is 0 Å². The van der Waals surface area contributed by atoms with Gasteiger partial charge in [-0.3, -0.25) is 4.79 Å². The fraction of sp³-hybridized carbons (Fsp3) is 0.786. The number of aryl methyl sites for hydroxylation is 1. The molecule has 1 aliphatic heterocycles. The highest BCUT2D eigenvalue weighted by Crippen LogP contribution is 2.26. The van der Waals surface area contributed by atoms with Gasteiger partial charge in [-0.1, -0.05) is 24.2 Å². The van der Waals surface area contributed by atoms with Gasteiger partial charge >= 0.3 is 0 Å². The average molecular weight is 359 g/mol. The maximum absolute atomic E-state index is 12.5. The molecule has 0 unspecified atom stereocenters. The molecule has 136 valence electrons. The third kappa shape index (κ3) is 4.11. The predicted octanol–water partition coefficient (Wildman–Crippen LogP) is -0.200. The Labute approximate surface area is 142 Å². The van der Waals surface area contributed by atoms with E-state index in [0.717, 1.165) is 4.31 Å². The minimum absolute atomic E-state index is 0.0557. The van der Waals surface area contributed by atoms with Crippen molar-refractivity contribution in [1.82, 2.24) is 24.2 Å². The predicted molar refractivity (Wildman–Crippen MR) is 87.2 cm³/mol. The molecule has 0 aliphatic carbocycles. The molecular formula is C14H25N5O4S. The quantitative estimate of drug-likeness (QED) is 0.753. The Kier molecular flexibility index (Phi) is 5.61. The molecule has 2 heterocycles. The Hall–Kier alpha value is -1.52. The Bertz CT molecular complexity index is 685. The van der Waals surface area contributed by atoms with Gasteiger partial charge in [0, 0.05) is 33.2 Å². The van der Waals surface area contributed by atoms with Crippen LogP contribution in [0.25, 0.3) is 0 Å². The van der Waals surface area contributed by atoms with Gasteiger partial charge in [0.15, 0.2) is 0 Å². The van der Waals surface area contributed by atoms with Crippen molar-refractivity contribution in [2.24, 2.45) is 11.8 Å². The highest BCUT2D eigenvalue weighted by molar-refractivity contribution is 7.87. The summed E-state index contributed by atoms with van der Waals surface area (Å²) in [7, 11) is -0.592. The molecule has 24 heavy (non-hydrogen) atoms. The molecule has 2 atom stereocenters. The lowest BCUT2D eigenvalue weighted by Gasteiger charge is -2.24. The van der Waals surface area contributed by atoms with Crippen LogP contribution in [-0.2, 0) is 21.4 Å². The molecule has 0 spiro atoms. The molecule has 1 fully saturated rings. The van der Waals surface area contributed by atoms with Gasteiger partial charge in [0.25, 0.3) is 10.2 Å². The second kappa shape index (κ2) is 7.16. The van der Waals surface area contributed by atoms with Gasteiger partial charge in [0.2, 0.25) is 5.91 Å². The zero-order valence-electron chi connectivity index (χ0n) is 14.7. The second-order valence-corrected chi connectivity index (χ2v) is 8.61. The van der Waals surface area contributed by atoms with Crippen LogP contribution in [0.15, 0.2) is 4.63 Å². The number of likely N-dealkylation sites (tertiary alicyclic amines) is 1. The molecule has 2 rings (SSSR count). The summed E-state index contributed by atoms with van der Waals surface area (Å²) >= 11 is 0. The molecule has 1 aromatic heterocycles. The van der Waals surface area contributed by atoms with Crippen molar-refractivity contribution in [2.75, 3.05) is 27.2 Å². The summed E-state index contributed by atoms with van der Waals surface area (Å²) in [6.45, 7) is 6.65. The highest BCUT2D eigenvalue weighted by Gasteiger charge is 2.39. The van der Waals surface area contributed by atoms with Gasteiger partial charge in [-0.25, -0.2) is 4.63 Å². The van der Waals surface area contributed by atoms with Crippen LogP contribution < -0.4 is 4.72 Å².